The summed E-state index contributed by atoms with van der Waals surface area (Å²) in [6.07, 6.45) is 1.16. The van der Waals surface area contributed by atoms with Crippen LogP contribution in [0.25, 0.3) is 0 Å². The summed E-state index contributed by atoms with van der Waals surface area (Å²) < 4.78 is 5.12. The number of aliphatic carboxylic acids is 1. The monoisotopic (exact) mass is 256 g/mol. The third kappa shape index (κ3) is 2.75. The second kappa shape index (κ2) is 5.14. The molecule has 2 fully saturated rings. The lowest BCUT2D eigenvalue weighted by Gasteiger charge is -2.35. The van der Waals surface area contributed by atoms with Crippen molar-refractivity contribution in [2.24, 2.45) is 11.8 Å². The smallest absolute Gasteiger partial charge is 0.328 e. The van der Waals surface area contributed by atoms with Gasteiger partial charge in [-0.2, -0.15) is 0 Å². The number of carboxylic acids is 1. The first-order valence-electron chi connectivity index (χ1n) is 6.33. The molecule has 1 aliphatic carbocycles. The molecule has 3 atom stereocenters. The Kier molecular flexibility index (Phi) is 3.75. The Morgan fingerprint density at radius 1 is 1.50 bits per heavy atom. The molecule has 0 bridgehead atoms. The van der Waals surface area contributed by atoms with Crippen LogP contribution in [0.5, 0.6) is 0 Å². The van der Waals surface area contributed by atoms with E-state index in [9.17, 15) is 9.59 Å². The number of hydrogen-bond acceptors (Lipinski definition) is 3. The summed E-state index contributed by atoms with van der Waals surface area (Å²) in [5.41, 5.74) is 0. The third-order valence-electron chi connectivity index (χ3n) is 3.77. The van der Waals surface area contributed by atoms with Crippen LogP contribution in [0.4, 0.5) is 4.79 Å². The van der Waals surface area contributed by atoms with Crippen molar-refractivity contribution in [3.63, 3.8) is 0 Å². The van der Waals surface area contributed by atoms with Gasteiger partial charge in [0.15, 0.2) is 6.04 Å². The normalized spacial score (nSPS) is 31.0. The Morgan fingerprint density at radius 2 is 2.17 bits per heavy atom. The van der Waals surface area contributed by atoms with Crippen molar-refractivity contribution in [2.75, 3.05) is 33.4 Å². The van der Waals surface area contributed by atoms with Gasteiger partial charge in [-0.1, -0.05) is 6.92 Å². The maximum Gasteiger partial charge on any atom is 0.328 e. The van der Waals surface area contributed by atoms with Crippen molar-refractivity contribution in [1.29, 1.82) is 0 Å². The number of urea groups is 1. The van der Waals surface area contributed by atoms with Crippen LogP contribution in [0.3, 0.4) is 0 Å². The van der Waals surface area contributed by atoms with Crippen LogP contribution >= 0.6 is 0 Å². The summed E-state index contributed by atoms with van der Waals surface area (Å²) in [6, 6.07) is -1.06. The molecule has 6 heteroatoms. The van der Waals surface area contributed by atoms with E-state index in [-0.39, 0.29) is 12.6 Å². The van der Waals surface area contributed by atoms with Gasteiger partial charge >= 0.3 is 12.0 Å². The number of carbonyl (C=O) groups excluding carboxylic acids is 1. The maximum atomic E-state index is 12.2. The molecule has 3 unspecified atom stereocenters. The summed E-state index contributed by atoms with van der Waals surface area (Å²) in [7, 11) is 1.74. The Labute approximate surface area is 106 Å². The van der Waals surface area contributed by atoms with Gasteiger partial charge in [0.25, 0.3) is 0 Å². The quantitative estimate of drug-likeness (QED) is 0.797. The maximum absolute atomic E-state index is 12.2. The Hall–Kier alpha value is -1.30. The van der Waals surface area contributed by atoms with Gasteiger partial charge in [0.05, 0.1) is 13.2 Å². The van der Waals surface area contributed by atoms with Crippen molar-refractivity contribution >= 4 is 12.0 Å². The topological polar surface area (TPSA) is 70.1 Å². The van der Waals surface area contributed by atoms with Crippen LogP contribution < -0.4 is 0 Å². The molecule has 0 aromatic rings. The number of rotatable bonds is 3. The molecule has 1 heterocycles. The summed E-state index contributed by atoms with van der Waals surface area (Å²) >= 11 is 0. The molecular formula is C12H20N2O4. The summed E-state index contributed by atoms with van der Waals surface area (Å²) in [6.45, 7) is 3.71. The number of morpholine rings is 1. The highest BCUT2D eigenvalue weighted by Crippen LogP contribution is 2.38. The molecule has 1 aliphatic heterocycles. The van der Waals surface area contributed by atoms with Crippen LogP contribution in [0.2, 0.25) is 0 Å². The molecule has 2 amide bonds. The highest BCUT2D eigenvalue weighted by Gasteiger charge is 2.38. The van der Waals surface area contributed by atoms with Gasteiger partial charge < -0.3 is 19.6 Å². The molecular weight excluding hydrogens is 236 g/mol. The summed E-state index contributed by atoms with van der Waals surface area (Å²) in [5.74, 6) is 0.250. The lowest BCUT2D eigenvalue weighted by atomic mass is 10.2. The van der Waals surface area contributed by atoms with Gasteiger partial charge in [-0.25, -0.2) is 9.59 Å². The van der Waals surface area contributed by atoms with E-state index in [4.69, 9.17) is 9.84 Å². The molecule has 102 valence electrons. The molecule has 0 aromatic carbocycles. The molecule has 2 rings (SSSR count). The van der Waals surface area contributed by atoms with Gasteiger partial charge in [-0.15, -0.1) is 0 Å². The van der Waals surface area contributed by atoms with Gasteiger partial charge in [0, 0.05) is 20.1 Å². The largest absolute Gasteiger partial charge is 0.480 e. The molecule has 1 N–H and O–H groups in total. The molecule has 0 spiro atoms. The Balaban J connectivity index is 1.94. The Morgan fingerprint density at radius 3 is 2.72 bits per heavy atom. The predicted octanol–water partition coefficient (Wildman–Crippen LogP) is 0.480. The van der Waals surface area contributed by atoms with Gasteiger partial charge in [0.2, 0.25) is 0 Å². The second-order valence-electron chi connectivity index (χ2n) is 5.26. The van der Waals surface area contributed by atoms with Crippen LogP contribution in [0.15, 0.2) is 0 Å². The molecule has 0 aromatic heterocycles. The van der Waals surface area contributed by atoms with Gasteiger partial charge in [0.1, 0.15) is 0 Å². The van der Waals surface area contributed by atoms with Crippen molar-refractivity contribution in [1.82, 2.24) is 9.80 Å². The number of hydrogen-bond donors (Lipinski definition) is 1. The first-order valence-corrected chi connectivity index (χ1v) is 6.33. The van der Waals surface area contributed by atoms with E-state index in [1.54, 1.807) is 11.9 Å². The van der Waals surface area contributed by atoms with Crippen molar-refractivity contribution in [3.05, 3.63) is 0 Å². The molecule has 6 nitrogen and oxygen atoms in total. The fourth-order valence-corrected chi connectivity index (χ4v) is 2.34. The zero-order valence-corrected chi connectivity index (χ0v) is 10.8. The average Bonchev–Trinajstić information content (AvgIpc) is 3.03. The van der Waals surface area contributed by atoms with E-state index in [2.05, 4.69) is 6.92 Å². The van der Waals surface area contributed by atoms with E-state index < -0.39 is 12.0 Å². The molecule has 0 radical (unpaired) electrons. The average molecular weight is 256 g/mol. The van der Waals surface area contributed by atoms with E-state index in [1.165, 1.54) is 4.90 Å². The van der Waals surface area contributed by atoms with Gasteiger partial charge in [-0.05, 0) is 18.3 Å². The molecule has 18 heavy (non-hydrogen) atoms. The predicted molar refractivity (Wildman–Crippen MR) is 64.2 cm³/mol. The van der Waals surface area contributed by atoms with Crippen LogP contribution in [0.1, 0.15) is 13.3 Å². The third-order valence-corrected chi connectivity index (χ3v) is 3.77. The van der Waals surface area contributed by atoms with Crippen molar-refractivity contribution in [3.8, 4) is 0 Å². The first kappa shape index (κ1) is 13.1. The number of amides is 2. The van der Waals surface area contributed by atoms with Crippen molar-refractivity contribution in [2.45, 2.75) is 19.4 Å². The minimum Gasteiger partial charge on any atom is -0.480 e. The van der Waals surface area contributed by atoms with E-state index in [0.29, 0.717) is 31.5 Å². The number of nitrogens with zero attached hydrogens (tertiary/aromatic N) is 2. The van der Waals surface area contributed by atoms with Crippen LogP contribution in [0, 0.1) is 11.8 Å². The lowest BCUT2D eigenvalue weighted by Crippen LogP contribution is -2.56. The summed E-state index contributed by atoms with van der Waals surface area (Å²) in [4.78, 5) is 26.3. The van der Waals surface area contributed by atoms with Crippen LogP contribution in [-0.4, -0.2) is 66.3 Å². The molecule has 2 aliphatic rings. The SMILES string of the molecule is CC1CC1CN(C)C(=O)N1CCOCC1C(=O)O. The number of carboxylic acid groups (broad SMARTS) is 1. The Bertz CT molecular complexity index is 347. The second-order valence-corrected chi connectivity index (χ2v) is 5.26. The lowest BCUT2D eigenvalue weighted by molar-refractivity contribution is -0.147. The fraction of sp³-hybridized carbons (Fsp3) is 0.833. The zero-order valence-electron chi connectivity index (χ0n) is 10.8. The van der Waals surface area contributed by atoms with Gasteiger partial charge in [-0.3, -0.25) is 0 Å². The van der Waals surface area contributed by atoms with E-state index in [0.717, 1.165) is 6.42 Å². The van der Waals surface area contributed by atoms with E-state index >= 15 is 0 Å². The fourth-order valence-electron chi connectivity index (χ4n) is 2.34. The van der Waals surface area contributed by atoms with Crippen molar-refractivity contribution < 1.29 is 19.4 Å². The standard InChI is InChI=1S/C12H20N2O4/c1-8-5-9(8)6-13(2)12(17)14-3-4-18-7-10(14)11(15)16/h8-10H,3-7H2,1-2H3,(H,15,16). The minimum atomic E-state index is -1.00. The minimum absolute atomic E-state index is 0.0781. The number of carbonyl (C=O) groups is 2. The highest BCUT2D eigenvalue weighted by atomic mass is 16.5. The first-order chi connectivity index (χ1) is 8.50. The zero-order chi connectivity index (χ0) is 13.3. The molecule has 1 saturated heterocycles. The van der Waals surface area contributed by atoms with Crippen LogP contribution in [-0.2, 0) is 9.53 Å². The highest BCUT2D eigenvalue weighted by molar-refractivity contribution is 5.83. The molecule has 1 saturated carbocycles. The van der Waals surface area contributed by atoms with E-state index in [1.807, 2.05) is 0 Å². The summed E-state index contributed by atoms with van der Waals surface area (Å²) in [5, 5.41) is 9.08. The number of ether oxygens (including phenoxy) is 1.